The van der Waals surface area contributed by atoms with Gasteiger partial charge < -0.3 is 11.1 Å². The predicted octanol–water partition coefficient (Wildman–Crippen LogP) is 5.02. The Bertz CT molecular complexity index is 1030. The molecule has 0 aliphatic heterocycles. The van der Waals surface area contributed by atoms with Gasteiger partial charge in [0.2, 0.25) is 5.95 Å². The first kappa shape index (κ1) is 20.7. The Morgan fingerprint density at radius 1 is 1.31 bits per heavy atom. The number of thiocarbonyl (C=S) groups is 1. The molecule has 3 aromatic rings. The zero-order valence-corrected chi connectivity index (χ0v) is 17.7. The zero-order valence-electron chi connectivity index (χ0n) is 16.9. The monoisotopic (exact) mass is 405 g/mol. The Balaban J connectivity index is 0.000000755. The van der Waals surface area contributed by atoms with Gasteiger partial charge in [-0.05, 0) is 54.5 Å². The number of rotatable bonds is 5. The molecule has 2 aromatic heterocycles. The Kier molecular flexibility index (Phi) is 6.77. The van der Waals surface area contributed by atoms with Crippen LogP contribution in [0.25, 0.3) is 22.7 Å². The standard InChI is InChI=1S/C22H24N4.CH3NS/c1-4-5-6-17-13-18(8-7-16(17)3)20-9-10-26-21(20)14-23-22(25-26)24-19-11-15(2)12-19;2-1-3/h4-10,13-15,19H,1,11-12H2,2-3H3,(H,24,25);1H,(H2,2,3)/b6-5-;. The molecule has 0 atom stereocenters. The van der Waals surface area contributed by atoms with Crippen molar-refractivity contribution in [2.75, 3.05) is 5.32 Å². The lowest BCUT2D eigenvalue weighted by Crippen LogP contribution is -2.34. The van der Waals surface area contributed by atoms with Crippen LogP contribution in [0.1, 0.15) is 30.9 Å². The third-order valence-electron chi connectivity index (χ3n) is 5.13. The molecule has 0 radical (unpaired) electrons. The summed E-state index contributed by atoms with van der Waals surface area (Å²) in [4.78, 5) is 4.53. The molecule has 1 aliphatic carbocycles. The fourth-order valence-electron chi connectivity index (χ4n) is 3.57. The molecular weight excluding hydrogens is 378 g/mol. The first-order valence-electron chi connectivity index (χ1n) is 9.72. The second kappa shape index (κ2) is 9.47. The highest BCUT2D eigenvalue weighted by Crippen LogP contribution is 2.30. The van der Waals surface area contributed by atoms with E-state index < -0.39 is 0 Å². The van der Waals surface area contributed by atoms with Gasteiger partial charge in [-0.2, -0.15) is 0 Å². The van der Waals surface area contributed by atoms with Gasteiger partial charge in [-0.3, -0.25) is 0 Å². The summed E-state index contributed by atoms with van der Waals surface area (Å²) >= 11 is 4.05. The van der Waals surface area contributed by atoms with Gasteiger partial charge in [0.05, 0.1) is 17.2 Å². The molecule has 150 valence electrons. The van der Waals surface area contributed by atoms with E-state index in [9.17, 15) is 0 Å². The number of nitrogens with one attached hydrogen (secondary N) is 1. The van der Waals surface area contributed by atoms with Gasteiger partial charge in [0, 0.05) is 17.8 Å². The Morgan fingerprint density at radius 2 is 2.07 bits per heavy atom. The lowest BCUT2D eigenvalue weighted by Gasteiger charge is -2.33. The number of nitrogens with zero attached hydrogens (tertiary/aromatic N) is 3. The molecular formula is C23H27N5S. The second-order valence-corrected chi connectivity index (χ2v) is 7.63. The minimum atomic E-state index is 0.508. The van der Waals surface area contributed by atoms with Crippen molar-refractivity contribution >= 4 is 35.3 Å². The van der Waals surface area contributed by atoms with Crippen molar-refractivity contribution in [3.05, 3.63) is 66.5 Å². The van der Waals surface area contributed by atoms with E-state index >= 15 is 0 Å². The van der Waals surface area contributed by atoms with Gasteiger partial charge in [-0.1, -0.05) is 56.1 Å². The van der Waals surface area contributed by atoms with Crippen LogP contribution < -0.4 is 11.1 Å². The van der Waals surface area contributed by atoms with E-state index in [0.717, 1.165) is 22.5 Å². The Morgan fingerprint density at radius 3 is 2.76 bits per heavy atom. The number of aryl methyl sites for hydroxylation is 1. The second-order valence-electron chi connectivity index (χ2n) is 7.36. The molecule has 3 N–H and O–H groups in total. The number of aromatic nitrogens is 3. The molecule has 1 fully saturated rings. The fraction of sp³-hybridized carbons (Fsp3) is 0.261. The summed E-state index contributed by atoms with van der Waals surface area (Å²) in [6.07, 6.45) is 12.1. The number of fused-ring (bicyclic) bond motifs is 1. The summed E-state index contributed by atoms with van der Waals surface area (Å²) in [6.45, 7) is 8.15. The summed E-state index contributed by atoms with van der Waals surface area (Å²) in [7, 11) is 0. The maximum atomic E-state index is 4.63. The molecule has 0 amide bonds. The molecule has 5 nitrogen and oxygen atoms in total. The predicted molar refractivity (Wildman–Crippen MR) is 126 cm³/mol. The van der Waals surface area contributed by atoms with E-state index in [1.807, 2.05) is 23.0 Å². The normalized spacial score (nSPS) is 18.0. The van der Waals surface area contributed by atoms with Crippen LogP contribution in [-0.2, 0) is 0 Å². The van der Waals surface area contributed by atoms with E-state index in [0.29, 0.717) is 12.0 Å². The van der Waals surface area contributed by atoms with Crippen LogP contribution >= 0.6 is 12.2 Å². The summed E-state index contributed by atoms with van der Waals surface area (Å²) < 4.78 is 1.91. The van der Waals surface area contributed by atoms with Gasteiger partial charge in [0.25, 0.3) is 0 Å². The van der Waals surface area contributed by atoms with Gasteiger partial charge in [-0.25, -0.2) is 9.50 Å². The van der Waals surface area contributed by atoms with Crippen LogP contribution in [0.15, 0.2) is 55.4 Å². The number of hydrogen-bond donors (Lipinski definition) is 2. The molecule has 1 aromatic carbocycles. The van der Waals surface area contributed by atoms with Crippen molar-refractivity contribution in [1.29, 1.82) is 0 Å². The van der Waals surface area contributed by atoms with Crippen molar-refractivity contribution in [2.24, 2.45) is 11.7 Å². The van der Waals surface area contributed by atoms with Crippen LogP contribution in [-0.4, -0.2) is 26.1 Å². The quantitative estimate of drug-likeness (QED) is 0.461. The number of hydrogen-bond acceptors (Lipinski definition) is 4. The number of anilines is 1. The highest BCUT2D eigenvalue weighted by molar-refractivity contribution is 7.78. The Hall–Kier alpha value is -2.99. The number of allylic oxidation sites excluding steroid dienone is 2. The van der Waals surface area contributed by atoms with E-state index in [1.54, 1.807) is 6.08 Å². The highest BCUT2D eigenvalue weighted by Gasteiger charge is 2.25. The van der Waals surface area contributed by atoms with E-state index in [-0.39, 0.29) is 0 Å². The van der Waals surface area contributed by atoms with Crippen molar-refractivity contribution in [2.45, 2.75) is 32.7 Å². The average molecular weight is 406 g/mol. The molecule has 1 saturated carbocycles. The number of nitrogens with two attached hydrogens (primary N) is 1. The van der Waals surface area contributed by atoms with E-state index in [4.69, 9.17) is 0 Å². The van der Waals surface area contributed by atoms with Gasteiger partial charge in [-0.15, -0.1) is 5.10 Å². The lowest BCUT2D eigenvalue weighted by molar-refractivity contribution is 0.307. The van der Waals surface area contributed by atoms with Crippen molar-refractivity contribution in [3.63, 3.8) is 0 Å². The van der Waals surface area contributed by atoms with Crippen LogP contribution in [0, 0.1) is 12.8 Å². The third kappa shape index (κ3) is 4.90. The molecule has 0 unspecified atom stereocenters. The fourth-order valence-corrected chi connectivity index (χ4v) is 3.57. The van der Waals surface area contributed by atoms with Crippen molar-refractivity contribution in [1.82, 2.24) is 14.6 Å². The van der Waals surface area contributed by atoms with Crippen LogP contribution in [0.3, 0.4) is 0 Å². The SMILES string of the molecule is C=C/C=C\c1cc(-c2ccn3nc(NC4CC(C)C4)ncc23)ccc1C.NC=S. The molecule has 0 bridgehead atoms. The molecule has 29 heavy (non-hydrogen) atoms. The number of benzene rings is 1. The minimum Gasteiger partial charge on any atom is -0.396 e. The summed E-state index contributed by atoms with van der Waals surface area (Å²) in [5.74, 6) is 1.51. The van der Waals surface area contributed by atoms with Crippen molar-refractivity contribution in [3.8, 4) is 11.1 Å². The minimum absolute atomic E-state index is 0.508. The third-order valence-corrected chi connectivity index (χ3v) is 5.13. The van der Waals surface area contributed by atoms with Crippen LogP contribution in [0.2, 0.25) is 0 Å². The summed E-state index contributed by atoms with van der Waals surface area (Å²) in [5.41, 5.74) is 11.4. The molecule has 0 saturated heterocycles. The molecule has 6 heteroatoms. The maximum absolute atomic E-state index is 4.63. The topological polar surface area (TPSA) is 68.2 Å². The van der Waals surface area contributed by atoms with E-state index in [2.05, 4.69) is 84.1 Å². The molecule has 1 aliphatic rings. The van der Waals surface area contributed by atoms with Crippen LogP contribution in [0.4, 0.5) is 5.95 Å². The molecule has 0 spiro atoms. The molecule has 2 heterocycles. The zero-order chi connectivity index (χ0) is 20.8. The summed E-state index contributed by atoms with van der Waals surface area (Å²) in [6, 6.07) is 9.11. The van der Waals surface area contributed by atoms with E-state index in [1.165, 1.54) is 29.5 Å². The molecule has 4 rings (SSSR count). The largest absolute Gasteiger partial charge is 0.396 e. The maximum Gasteiger partial charge on any atom is 0.241 e. The first-order valence-corrected chi connectivity index (χ1v) is 10.2. The average Bonchev–Trinajstić information content (AvgIpc) is 3.10. The smallest absolute Gasteiger partial charge is 0.241 e. The van der Waals surface area contributed by atoms with Gasteiger partial charge >= 0.3 is 0 Å². The van der Waals surface area contributed by atoms with Crippen LogP contribution in [0.5, 0.6) is 0 Å². The highest BCUT2D eigenvalue weighted by atomic mass is 32.1. The Labute approximate surface area is 177 Å². The lowest BCUT2D eigenvalue weighted by atomic mass is 9.82. The van der Waals surface area contributed by atoms with Gasteiger partial charge in [0.1, 0.15) is 0 Å². The summed E-state index contributed by atoms with van der Waals surface area (Å²) in [5, 5.41) is 8.05. The first-order chi connectivity index (χ1) is 14.0. The van der Waals surface area contributed by atoms with Gasteiger partial charge in [0.15, 0.2) is 0 Å². The van der Waals surface area contributed by atoms with Crippen molar-refractivity contribution < 1.29 is 0 Å².